The third kappa shape index (κ3) is 3.91. The summed E-state index contributed by atoms with van der Waals surface area (Å²) >= 11 is 0. The van der Waals surface area contributed by atoms with Gasteiger partial charge in [-0.25, -0.2) is 13.2 Å². The van der Waals surface area contributed by atoms with Crippen LogP contribution in [0.2, 0.25) is 0 Å². The van der Waals surface area contributed by atoms with Crippen molar-refractivity contribution < 1.29 is 23.2 Å². The Bertz CT molecular complexity index is 681. The summed E-state index contributed by atoms with van der Waals surface area (Å²) in [5.41, 5.74) is -0.471. The summed E-state index contributed by atoms with van der Waals surface area (Å²) in [6, 6.07) is 3.30. The Hall–Kier alpha value is -2.16. The maximum Gasteiger partial charge on any atom is 0.335 e. The van der Waals surface area contributed by atoms with E-state index in [1.165, 1.54) is 13.8 Å². The van der Waals surface area contributed by atoms with Gasteiger partial charge in [-0.3, -0.25) is 10.1 Å². The van der Waals surface area contributed by atoms with Crippen LogP contribution < -0.4 is 5.32 Å². The van der Waals surface area contributed by atoms with Crippen molar-refractivity contribution in [2.75, 3.05) is 18.1 Å². The van der Waals surface area contributed by atoms with E-state index < -0.39 is 25.5 Å². The van der Waals surface area contributed by atoms with Crippen molar-refractivity contribution in [2.45, 2.75) is 18.6 Å². The lowest BCUT2D eigenvalue weighted by molar-refractivity contribution is -0.384. The van der Waals surface area contributed by atoms with Crippen LogP contribution in [0, 0.1) is 10.1 Å². The molecule has 0 atom stereocenters. The summed E-state index contributed by atoms with van der Waals surface area (Å²) in [7, 11) is -3.38. The zero-order valence-electron chi connectivity index (χ0n) is 11.8. The summed E-state index contributed by atoms with van der Waals surface area (Å²) < 4.78 is 22.0. The Kier molecular flexibility index (Phi) is 4.57. The molecular weight excluding hydrogens is 300 g/mol. The number of nitrogens with one attached hydrogen (secondary N) is 1. The molecule has 0 saturated carbocycles. The second-order valence-corrected chi connectivity index (χ2v) is 7.83. The smallest absolute Gasteiger partial charge is 0.335 e. The van der Waals surface area contributed by atoms with Crippen LogP contribution in [-0.4, -0.2) is 42.0 Å². The first-order chi connectivity index (χ1) is 9.45. The lowest BCUT2D eigenvalue weighted by Crippen LogP contribution is -2.38. The molecule has 0 amide bonds. The van der Waals surface area contributed by atoms with Crippen LogP contribution in [0.4, 0.5) is 11.4 Å². The Morgan fingerprint density at radius 1 is 1.43 bits per heavy atom. The quantitative estimate of drug-likeness (QED) is 0.601. The highest BCUT2D eigenvalue weighted by Crippen LogP contribution is 2.27. The molecule has 0 fully saturated rings. The van der Waals surface area contributed by atoms with Crippen LogP contribution in [0.1, 0.15) is 24.2 Å². The summed E-state index contributed by atoms with van der Waals surface area (Å²) in [5, 5.41) is 22.5. The molecule has 0 aromatic heterocycles. The SMILES string of the molecule is CC(C)(CNc1cc(C(=O)O)ccc1[N+](=O)[O-])S(C)(=O)=O. The van der Waals surface area contributed by atoms with Gasteiger partial charge in [-0.15, -0.1) is 0 Å². The van der Waals surface area contributed by atoms with Gasteiger partial charge in [0.25, 0.3) is 5.69 Å². The third-order valence-electron chi connectivity index (χ3n) is 3.15. The number of rotatable bonds is 6. The van der Waals surface area contributed by atoms with Crippen molar-refractivity contribution >= 4 is 27.2 Å². The lowest BCUT2D eigenvalue weighted by atomic mass is 10.1. The van der Waals surface area contributed by atoms with E-state index in [0.717, 1.165) is 24.5 Å². The van der Waals surface area contributed by atoms with E-state index >= 15 is 0 Å². The molecule has 0 aliphatic carbocycles. The van der Waals surface area contributed by atoms with Crippen molar-refractivity contribution in [2.24, 2.45) is 0 Å². The van der Waals surface area contributed by atoms with Gasteiger partial charge >= 0.3 is 5.97 Å². The van der Waals surface area contributed by atoms with Gasteiger partial charge in [0.2, 0.25) is 0 Å². The second-order valence-electron chi connectivity index (χ2n) is 5.18. The number of carbonyl (C=O) groups is 1. The number of anilines is 1. The third-order valence-corrected chi connectivity index (χ3v) is 5.30. The maximum absolute atomic E-state index is 11.6. The van der Waals surface area contributed by atoms with Crippen LogP contribution in [0.3, 0.4) is 0 Å². The Labute approximate surface area is 121 Å². The number of nitro groups is 1. The lowest BCUT2D eigenvalue weighted by Gasteiger charge is -2.23. The maximum atomic E-state index is 11.6. The summed E-state index contributed by atoms with van der Waals surface area (Å²) in [4.78, 5) is 21.2. The average molecular weight is 316 g/mol. The number of aromatic carboxylic acids is 1. The molecular formula is C12H16N2O6S. The number of hydrogen-bond acceptors (Lipinski definition) is 6. The fraction of sp³-hybridized carbons (Fsp3) is 0.417. The first-order valence-electron chi connectivity index (χ1n) is 5.91. The molecule has 1 aromatic carbocycles. The topological polar surface area (TPSA) is 127 Å². The fourth-order valence-corrected chi connectivity index (χ4v) is 1.74. The van der Waals surface area contributed by atoms with E-state index in [1.54, 1.807) is 0 Å². The van der Waals surface area contributed by atoms with E-state index in [-0.39, 0.29) is 23.5 Å². The molecule has 0 bridgehead atoms. The minimum absolute atomic E-state index is 0.0309. The number of sulfone groups is 1. The van der Waals surface area contributed by atoms with E-state index in [2.05, 4.69) is 5.32 Å². The predicted molar refractivity (Wildman–Crippen MR) is 77.5 cm³/mol. The Morgan fingerprint density at radius 2 is 2.00 bits per heavy atom. The van der Waals surface area contributed by atoms with Gasteiger partial charge in [0.05, 0.1) is 15.2 Å². The first-order valence-corrected chi connectivity index (χ1v) is 7.80. The van der Waals surface area contributed by atoms with Gasteiger partial charge in [-0.1, -0.05) is 0 Å². The molecule has 9 heteroatoms. The number of carboxylic acids is 1. The van der Waals surface area contributed by atoms with Crippen LogP contribution in [0.25, 0.3) is 0 Å². The number of carboxylic acid groups (broad SMARTS) is 1. The molecule has 21 heavy (non-hydrogen) atoms. The minimum Gasteiger partial charge on any atom is -0.478 e. The van der Waals surface area contributed by atoms with Gasteiger partial charge in [0, 0.05) is 18.9 Å². The average Bonchev–Trinajstić information content (AvgIpc) is 2.34. The highest BCUT2D eigenvalue weighted by atomic mass is 32.2. The number of benzene rings is 1. The highest BCUT2D eigenvalue weighted by Gasteiger charge is 2.30. The van der Waals surface area contributed by atoms with E-state index in [0.29, 0.717) is 0 Å². The molecule has 0 radical (unpaired) electrons. The van der Waals surface area contributed by atoms with Crippen LogP contribution >= 0.6 is 0 Å². The van der Waals surface area contributed by atoms with E-state index in [1.807, 2.05) is 0 Å². The van der Waals surface area contributed by atoms with Crippen molar-refractivity contribution in [3.63, 3.8) is 0 Å². The normalized spacial score (nSPS) is 12.0. The monoisotopic (exact) mass is 316 g/mol. The zero-order valence-corrected chi connectivity index (χ0v) is 12.6. The molecule has 2 N–H and O–H groups in total. The van der Waals surface area contributed by atoms with Crippen LogP contribution in [0.15, 0.2) is 18.2 Å². The predicted octanol–water partition coefficient (Wildman–Crippen LogP) is 1.53. The Morgan fingerprint density at radius 3 is 2.43 bits per heavy atom. The van der Waals surface area contributed by atoms with Crippen molar-refractivity contribution in [3.8, 4) is 0 Å². The Balaban J connectivity index is 3.14. The largest absolute Gasteiger partial charge is 0.478 e. The molecule has 0 aliphatic heterocycles. The second kappa shape index (κ2) is 5.68. The molecule has 1 rings (SSSR count). The summed E-state index contributed by atoms with van der Waals surface area (Å²) in [6.45, 7) is 2.86. The van der Waals surface area contributed by atoms with Gasteiger partial charge in [-0.05, 0) is 26.0 Å². The van der Waals surface area contributed by atoms with Crippen LogP contribution in [-0.2, 0) is 9.84 Å². The molecule has 0 unspecified atom stereocenters. The number of nitro benzene ring substituents is 1. The van der Waals surface area contributed by atoms with Gasteiger partial charge in [-0.2, -0.15) is 0 Å². The van der Waals surface area contributed by atoms with E-state index in [4.69, 9.17) is 5.11 Å². The summed E-state index contributed by atoms with van der Waals surface area (Å²) in [6.07, 6.45) is 1.07. The minimum atomic E-state index is -3.38. The zero-order chi connectivity index (χ0) is 16.4. The fourth-order valence-electron chi connectivity index (χ4n) is 1.41. The number of hydrogen-bond donors (Lipinski definition) is 2. The highest BCUT2D eigenvalue weighted by molar-refractivity contribution is 7.92. The van der Waals surface area contributed by atoms with Crippen molar-refractivity contribution in [1.29, 1.82) is 0 Å². The van der Waals surface area contributed by atoms with Gasteiger partial charge < -0.3 is 10.4 Å². The van der Waals surface area contributed by atoms with Crippen LogP contribution in [0.5, 0.6) is 0 Å². The standard InChI is InChI=1S/C12H16N2O6S/c1-12(2,21(3,19)20)7-13-9-6-8(11(15)16)4-5-10(9)14(17)18/h4-6,13H,7H2,1-3H3,(H,15,16). The summed E-state index contributed by atoms with van der Waals surface area (Å²) in [5.74, 6) is -1.23. The van der Waals surface area contributed by atoms with Crippen molar-refractivity contribution in [3.05, 3.63) is 33.9 Å². The molecule has 1 aromatic rings. The molecule has 0 saturated heterocycles. The first kappa shape index (κ1) is 16.9. The van der Waals surface area contributed by atoms with Gasteiger partial charge in [0.15, 0.2) is 9.84 Å². The molecule has 0 heterocycles. The number of nitrogens with zero attached hydrogens (tertiary/aromatic N) is 1. The molecule has 8 nitrogen and oxygen atoms in total. The molecule has 116 valence electrons. The molecule has 0 spiro atoms. The van der Waals surface area contributed by atoms with E-state index in [9.17, 15) is 23.3 Å². The van der Waals surface area contributed by atoms with Crippen molar-refractivity contribution in [1.82, 2.24) is 0 Å². The molecule has 0 aliphatic rings. The van der Waals surface area contributed by atoms with Gasteiger partial charge in [0.1, 0.15) is 5.69 Å².